The zero-order chi connectivity index (χ0) is 13.3. The fourth-order valence-corrected chi connectivity index (χ4v) is 1.96. The Balaban J connectivity index is 2.66. The Labute approximate surface area is 108 Å². The molecule has 3 heteroatoms. The molecule has 96 valence electrons. The molecule has 0 bridgehead atoms. The van der Waals surface area contributed by atoms with Gasteiger partial charge in [-0.25, -0.2) is 0 Å². The highest BCUT2D eigenvalue weighted by Gasteiger charge is 2.21. The van der Waals surface area contributed by atoms with E-state index in [4.69, 9.17) is 15.5 Å². The van der Waals surface area contributed by atoms with Crippen LogP contribution in [0.5, 0.6) is 5.75 Å². The van der Waals surface area contributed by atoms with E-state index in [0.29, 0.717) is 6.54 Å². The zero-order valence-corrected chi connectivity index (χ0v) is 11.4. The lowest BCUT2D eigenvalue weighted by atomic mass is 9.88. The second kappa shape index (κ2) is 4.58. The average Bonchev–Trinajstić information content (AvgIpc) is 2.37. The summed E-state index contributed by atoms with van der Waals surface area (Å²) in [5, 5.41) is 1.16. The van der Waals surface area contributed by atoms with Crippen molar-refractivity contribution in [1.82, 2.24) is 4.98 Å². The van der Waals surface area contributed by atoms with E-state index >= 15 is 0 Å². The number of benzene rings is 1. The summed E-state index contributed by atoms with van der Waals surface area (Å²) < 4.78 is 5.25. The molecule has 0 radical (unpaired) electrons. The van der Waals surface area contributed by atoms with E-state index in [9.17, 15) is 0 Å². The number of methoxy groups -OCH3 is 1. The topological polar surface area (TPSA) is 48.1 Å². The largest absolute Gasteiger partial charge is 0.497 e. The number of fused-ring (bicyclic) bond motifs is 1. The molecule has 0 aliphatic carbocycles. The molecule has 0 aliphatic rings. The van der Waals surface area contributed by atoms with E-state index < -0.39 is 0 Å². The highest BCUT2D eigenvalue weighted by atomic mass is 16.5. The molecule has 0 unspecified atom stereocenters. The van der Waals surface area contributed by atoms with Crippen molar-refractivity contribution in [1.29, 1.82) is 0 Å². The summed E-state index contributed by atoms with van der Waals surface area (Å²) in [4.78, 5) is 4.73. The zero-order valence-electron chi connectivity index (χ0n) is 11.4. The molecule has 2 N–H and O–H groups in total. The molecule has 18 heavy (non-hydrogen) atoms. The number of nitrogens with two attached hydrogens (primary N) is 1. The molecule has 0 spiro atoms. The van der Waals surface area contributed by atoms with E-state index in [2.05, 4.69) is 32.9 Å². The van der Waals surface area contributed by atoms with Crippen LogP contribution in [0, 0.1) is 6.92 Å². The summed E-state index contributed by atoms with van der Waals surface area (Å²) in [7, 11) is 1.67. The van der Waals surface area contributed by atoms with Crippen molar-refractivity contribution in [3.8, 4) is 5.75 Å². The average molecular weight is 244 g/mol. The lowest BCUT2D eigenvalue weighted by Gasteiger charge is -2.23. The molecule has 0 fully saturated rings. The summed E-state index contributed by atoms with van der Waals surface area (Å²) in [6.45, 7) is 6.91. The van der Waals surface area contributed by atoms with Crippen molar-refractivity contribution in [2.24, 2.45) is 5.73 Å². The van der Waals surface area contributed by atoms with Gasteiger partial charge in [-0.3, -0.25) is 4.98 Å². The van der Waals surface area contributed by atoms with Crippen LogP contribution in [-0.2, 0) is 5.41 Å². The van der Waals surface area contributed by atoms with Gasteiger partial charge >= 0.3 is 0 Å². The maximum atomic E-state index is 5.82. The Morgan fingerprint density at radius 2 is 2.00 bits per heavy atom. The van der Waals surface area contributed by atoms with Crippen LogP contribution in [0.3, 0.4) is 0 Å². The second-order valence-electron chi connectivity index (χ2n) is 5.30. The number of hydrogen-bond acceptors (Lipinski definition) is 3. The third-order valence-corrected chi connectivity index (χ3v) is 3.43. The summed E-state index contributed by atoms with van der Waals surface area (Å²) in [6, 6.07) is 8.11. The quantitative estimate of drug-likeness (QED) is 0.903. The summed E-state index contributed by atoms with van der Waals surface area (Å²) in [5.74, 6) is 0.831. The van der Waals surface area contributed by atoms with Gasteiger partial charge in [0.1, 0.15) is 5.75 Å². The first-order chi connectivity index (χ1) is 8.47. The van der Waals surface area contributed by atoms with Gasteiger partial charge in [-0.2, -0.15) is 0 Å². The van der Waals surface area contributed by atoms with Crippen LogP contribution in [0.25, 0.3) is 10.9 Å². The van der Waals surface area contributed by atoms with Crippen LogP contribution < -0.4 is 10.5 Å². The molecule has 1 aromatic carbocycles. The standard InChI is InChI=1S/C15H20N2O/c1-10-7-14(15(2,3)9-16)17-13-8-11(18-4)5-6-12(10)13/h5-8H,9,16H2,1-4H3. The fourth-order valence-electron chi connectivity index (χ4n) is 1.96. The number of rotatable bonds is 3. The maximum Gasteiger partial charge on any atom is 0.121 e. The van der Waals surface area contributed by atoms with Crippen molar-refractivity contribution >= 4 is 10.9 Å². The summed E-state index contributed by atoms with van der Waals surface area (Å²) in [6.07, 6.45) is 0. The Morgan fingerprint density at radius 1 is 1.28 bits per heavy atom. The molecule has 0 saturated carbocycles. The molecule has 1 aromatic heterocycles. The molecule has 0 amide bonds. The van der Waals surface area contributed by atoms with Gasteiger partial charge < -0.3 is 10.5 Å². The van der Waals surface area contributed by atoms with Crippen LogP contribution in [0.4, 0.5) is 0 Å². The molecule has 0 saturated heterocycles. The number of nitrogens with zero attached hydrogens (tertiary/aromatic N) is 1. The molecule has 3 nitrogen and oxygen atoms in total. The molecule has 0 aliphatic heterocycles. The van der Waals surface area contributed by atoms with Crippen LogP contribution >= 0.6 is 0 Å². The first kappa shape index (κ1) is 12.8. The number of pyridine rings is 1. The molecule has 2 aromatic rings. The van der Waals surface area contributed by atoms with E-state index in [1.165, 1.54) is 5.56 Å². The van der Waals surface area contributed by atoms with Gasteiger partial charge in [0.2, 0.25) is 0 Å². The van der Waals surface area contributed by atoms with E-state index in [-0.39, 0.29) is 5.41 Å². The summed E-state index contributed by atoms with van der Waals surface area (Å²) in [5.41, 5.74) is 8.93. The first-order valence-electron chi connectivity index (χ1n) is 6.14. The van der Waals surface area contributed by atoms with Gasteiger partial charge in [-0.15, -0.1) is 0 Å². The van der Waals surface area contributed by atoms with Gasteiger partial charge in [0, 0.05) is 29.1 Å². The Morgan fingerprint density at radius 3 is 2.61 bits per heavy atom. The van der Waals surface area contributed by atoms with Crippen LogP contribution in [0.1, 0.15) is 25.1 Å². The second-order valence-corrected chi connectivity index (χ2v) is 5.30. The smallest absolute Gasteiger partial charge is 0.121 e. The van der Waals surface area contributed by atoms with E-state index in [0.717, 1.165) is 22.3 Å². The van der Waals surface area contributed by atoms with E-state index in [1.54, 1.807) is 7.11 Å². The minimum absolute atomic E-state index is 0.109. The normalized spacial score (nSPS) is 11.8. The molecule has 2 rings (SSSR count). The predicted molar refractivity (Wildman–Crippen MR) is 75.1 cm³/mol. The molecule has 1 heterocycles. The summed E-state index contributed by atoms with van der Waals surface area (Å²) >= 11 is 0. The first-order valence-corrected chi connectivity index (χ1v) is 6.14. The van der Waals surface area contributed by atoms with Gasteiger partial charge in [0.15, 0.2) is 0 Å². The highest BCUT2D eigenvalue weighted by Crippen LogP contribution is 2.27. The Hall–Kier alpha value is -1.61. The van der Waals surface area contributed by atoms with Gasteiger partial charge in [-0.1, -0.05) is 13.8 Å². The predicted octanol–water partition coefficient (Wildman–Crippen LogP) is 2.79. The van der Waals surface area contributed by atoms with Crippen molar-refractivity contribution in [3.05, 3.63) is 35.5 Å². The van der Waals surface area contributed by atoms with Crippen LogP contribution in [0.2, 0.25) is 0 Å². The van der Waals surface area contributed by atoms with Crippen LogP contribution in [-0.4, -0.2) is 18.6 Å². The van der Waals surface area contributed by atoms with Gasteiger partial charge in [0.05, 0.1) is 12.6 Å². The Bertz CT molecular complexity index is 576. The lowest BCUT2D eigenvalue weighted by molar-refractivity contribution is 0.415. The minimum Gasteiger partial charge on any atom is -0.497 e. The highest BCUT2D eigenvalue weighted by molar-refractivity contribution is 5.83. The monoisotopic (exact) mass is 244 g/mol. The minimum atomic E-state index is -0.109. The van der Waals surface area contributed by atoms with Crippen molar-refractivity contribution in [3.63, 3.8) is 0 Å². The van der Waals surface area contributed by atoms with E-state index in [1.807, 2.05) is 12.1 Å². The lowest BCUT2D eigenvalue weighted by Crippen LogP contribution is -2.29. The molecular weight excluding hydrogens is 224 g/mol. The maximum absolute atomic E-state index is 5.82. The van der Waals surface area contributed by atoms with Crippen LogP contribution in [0.15, 0.2) is 24.3 Å². The fraction of sp³-hybridized carbons (Fsp3) is 0.400. The van der Waals surface area contributed by atoms with Gasteiger partial charge in [0.25, 0.3) is 0 Å². The third-order valence-electron chi connectivity index (χ3n) is 3.43. The number of ether oxygens (including phenoxy) is 1. The molecule has 0 atom stereocenters. The van der Waals surface area contributed by atoms with Crippen molar-refractivity contribution in [2.45, 2.75) is 26.2 Å². The number of hydrogen-bond donors (Lipinski definition) is 1. The van der Waals surface area contributed by atoms with Crippen molar-refractivity contribution in [2.75, 3.05) is 13.7 Å². The van der Waals surface area contributed by atoms with Crippen molar-refractivity contribution < 1.29 is 4.74 Å². The SMILES string of the molecule is COc1ccc2c(C)cc(C(C)(C)CN)nc2c1. The third kappa shape index (κ3) is 2.18. The number of aromatic nitrogens is 1. The van der Waals surface area contributed by atoms with Gasteiger partial charge in [-0.05, 0) is 30.7 Å². The Kier molecular flexibility index (Phi) is 3.26. The molecular formula is C15H20N2O. The number of aryl methyl sites for hydroxylation is 1.